The van der Waals surface area contributed by atoms with Crippen molar-refractivity contribution >= 4 is 0 Å². The molecule has 0 atom stereocenters. The van der Waals surface area contributed by atoms with Gasteiger partial charge in [-0.1, -0.05) is 13.8 Å². The van der Waals surface area contributed by atoms with E-state index in [1.165, 1.54) is 0 Å². The largest absolute Gasteiger partial charge is 1.00 e. The Morgan fingerprint density at radius 3 is 2.00 bits per heavy atom. The molecular weight excluding hydrogens is 119 g/mol. The van der Waals surface area contributed by atoms with E-state index in [9.17, 15) is 4.91 Å². The maximum absolute atomic E-state index is 9.20. The molecule has 0 aliphatic heterocycles. The number of hydrogen-bond acceptors (Lipinski definition) is 2. The van der Waals surface area contributed by atoms with Crippen LogP contribution in [0.25, 0.3) is 5.43 Å². The van der Waals surface area contributed by atoms with Gasteiger partial charge in [-0.2, -0.15) is 4.91 Å². The average molecular weight is 126 g/mol. The van der Waals surface area contributed by atoms with Gasteiger partial charge < -0.3 is 5.43 Å². The molecule has 0 radical (unpaired) electrons. The van der Waals surface area contributed by atoms with Gasteiger partial charge in [0.05, 0.1) is 0 Å². The van der Waals surface area contributed by atoms with Crippen molar-refractivity contribution in [2.24, 2.45) is 5.29 Å². The summed E-state index contributed by atoms with van der Waals surface area (Å²) in [6.45, 7) is 3.59. The van der Waals surface area contributed by atoms with Crippen molar-refractivity contribution in [3.8, 4) is 0 Å². The van der Waals surface area contributed by atoms with Crippen LogP contribution in [0.3, 0.4) is 0 Å². The minimum absolute atomic E-state index is 0. The summed E-state index contributed by atoms with van der Waals surface area (Å²) in [5, 5.41) is 2.31. The molecule has 0 saturated heterocycles. The van der Waals surface area contributed by atoms with Gasteiger partial charge in [0.2, 0.25) is 0 Å². The molecule has 0 bridgehead atoms. The summed E-state index contributed by atoms with van der Waals surface area (Å²) in [6, 6.07) is 0.0440. The summed E-state index contributed by atoms with van der Waals surface area (Å²) < 4.78 is 0. The van der Waals surface area contributed by atoms with Crippen LogP contribution in [0, 0.1) is 4.91 Å². The Morgan fingerprint density at radius 1 is 1.57 bits per heavy atom. The molecule has 0 aromatic rings. The third-order valence-electron chi connectivity index (χ3n) is 0.278. The number of nitrogens with zero attached hydrogens (tertiary/aromatic N) is 2. The molecule has 0 heterocycles. The van der Waals surface area contributed by atoms with E-state index < -0.39 is 0 Å². The average Bonchev–Trinajstić information content (AvgIpc) is 1.35. The van der Waals surface area contributed by atoms with Gasteiger partial charge in [-0.05, 0) is 0 Å². The molecule has 36 valence electrons. The number of rotatable bonds is 2. The summed E-state index contributed by atoms with van der Waals surface area (Å²) in [5.74, 6) is 0. The van der Waals surface area contributed by atoms with Crippen molar-refractivity contribution in [2.45, 2.75) is 19.9 Å². The molecule has 0 aliphatic rings. The third kappa shape index (κ3) is 11.0. The molecule has 0 fully saturated rings. The Balaban J connectivity index is 0. The van der Waals surface area contributed by atoms with Gasteiger partial charge >= 0.3 is 51.4 Å². The van der Waals surface area contributed by atoms with E-state index in [0.29, 0.717) is 0 Å². The van der Waals surface area contributed by atoms with E-state index in [0.717, 1.165) is 0 Å². The molecule has 0 unspecified atom stereocenters. The van der Waals surface area contributed by atoms with Gasteiger partial charge in [0.1, 0.15) is 0 Å². The van der Waals surface area contributed by atoms with Gasteiger partial charge in [-0.15, -0.1) is 11.3 Å². The van der Waals surface area contributed by atoms with E-state index in [-0.39, 0.29) is 57.4 Å². The minimum Gasteiger partial charge on any atom is -0.561 e. The van der Waals surface area contributed by atoms with Crippen LogP contribution in [-0.2, 0) is 0 Å². The molecule has 0 spiro atoms. The van der Waals surface area contributed by atoms with Gasteiger partial charge in [-0.3, -0.25) is 0 Å². The van der Waals surface area contributed by atoms with Crippen molar-refractivity contribution in [3.05, 3.63) is 10.3 Å². The molecule has 0 aliphatic carbocycles. The van der Waals surface area contributed by atoms with Crippen molar-refractivity contribution in [1.82, 2.24) is 0 Å². The van der Waals surface area contributed by atoms with E-state index in [2.05, 4.69) is 10.7 Å². The maximum atomic E-state index is 9.20. The predicted octanol–water partition coefficient (Wildman–Crippen LogP) is -1.55. The van der Waals surface area contributed by atoms with E-state index >= 15 is 0 Å². The second kappa shape index (κ2) is 7.04. The Morgan fingerprint density at radius 2 is 2.00 bits per heavy atom. The van der Waals surface area contributed by atoms with Crippen molar-refractivity contribution in [3.63, 3.8) is 0 Å². The summed E-state index contributed by atoms with van der Waals surface area (Å²) in [7, 11) is 0. The van der Waals surface area contributed by atoms with Crippen molar-refractivity contribution < 1.29 is 51.4 Å². The molecule has 0 N–H and O–H groups in total. The molecule has 0 rings (SSSR count). The van der Waals surface area contributed by atoms with Gasteiger partial charge in [0.25, 0.3) is 0 Å². The Hall–Kier alpha value is 1.04. The van der Waals surface area contributed by atoms with Crippen LogP contribution in [-0.4, -0.2) is 6.04 Å². The predicted molar refractivity (Wildman–Crippen MR) is 24.3 cm³/mol. The first-order chi connectivity index (χ1) is 2.77. The van der Waals surface area contributed by atoms with Crippen molar-refractivity contribution in [2.75, 3.05) is 0 Å². The second-order valence-corrected chi connectivity index (χ2v) is 1.29. The quantitative estimate of drug-likeness (QED) is 0.251. The third-order valence-corrected chi connectivity index (χ3v) is 0.278. The Labute approximate surface area is 85.6 Å². The fourth-order valence-electron chi connectivity index (χ4n) is 0.0943. The minimum atomic E-state index is 0. The molecular formula is C3H7KN2O. The van der Waals surface area contributed by atoms with E-state index in [1.54, 1.807) is 13.8 Å². The first kappa shape index (κ1) is 10.9. The first-order valence-corrected chi connectivity index (χ1v) is 1.80. The molecule has 4 heteroatoms. The molecule has 7 heavy (non-hydrogen) atoms. The fraction of sp³-hybridized carbons (Fsp3) is 1.00. The van der Waals surface area contributed by atoms with Crippen LogP contribution >= 0.6 is 0 Å². The second-order valence-electron chi connectivity index (χ2n) is 1.29. The fourth-order valence-corrected chi connectivity index (χ4v) is 0.0943. The van der Waals surface area contributed by atoms with Crippen LogP contribution in [0.4, 0.5) is 0 Å². The molecule has 0 saturated carbocycles. The van der Waals surface area contributed by atoms with E-state index in [1.807, 2.05) is 0 Å². The van der Waals surface area contributed by atoms with Gasteiger partial charge in [0.15, 0.2) is 0 Å². The number of hydrogen-bond donors (Lipinski definition) is 0. The van der Waals surface area contributed by atoms with Gasteiger partial charge in [-0.25, -0.2) is 0 Å². The van der Waals surface area contributed by atoms with Crippen LogP contribution in [0.2, 0.25) is 0 Å². The monoisotopic (exact) mass is 126 g/mol. The Kier molecular flexibility index (Phi) is 11.0. The van der Waals surface area contributed by atoms with E-state index in [4.69, 9.17) is 0 Å². The maximum Gasteiger partial charge on any atom is 1.00 e. The van der Waals surface area contributed by atoms with Gasteiger partial charge in [0, 0.05) is 0 Å². The summed E-state index contributed by atoms with van der Waals surface area (Å²) in [5.41, 5.74) is 3.19. The van der Waals surface area contributed by atoms with Crippen LogP contribution in [0.5, 0.6) is 0 Å². The zero-order valence-electron chi connectivity index (χ0n) is 4.88. The summed E-state index contributed by atoms with van der Waals surface area (Å²) in [4.78, 5) is 9.20. The molecule has 0 aromatic heterocycles. The van der Waals surface area contributed by atoms with Crippen LogP contribution in [0.1, 0.15) is 13.8 Å². The summed E-state index contributed by atoms with van der Waals surface area (Å²) >= 11 is 0. The SMILES string of the molecule is CC(C)[N-]N=O.[K+]. The molecule has 0 aromatic carbocycles. The molecule has 3 nitrogen and oxygen atoms in total. The molecule has 0 amide bonds. The van der Waals surface area contributed by atoms with Crippen LogP contribution in [0.15, 0.2) is 5.29 Å². The van der Waals surface area contributed by atoms with Crippen LogP contribution < -0.4 is 51.4 Å². The first-order valence-electron chi connectivity index (χ1n) is 1.80. The normalized spacial score (nSPS) is 7.29. The topological polar surface area (TPSA) is 43.5 Å². The standard InChI is InChI=1S/C3H8N2O.K/c1-3(2)4-5-6;/h3H,1-2H3,(H,4,6);/q;+1/p-1. The zero-order valence-corrected chi connectivity index (χ0v) is 8.00. The smallest absolute Gasteiger partial charge is 0.561 e. The zero-order chi connectivity index (χ0) is 4.99. The van der Waals surface area contributed by atoms with Crippen molar-refractivity contribution in [1.29, 1.82) is 0 Å². The summed E-state index contributed by atoms with van der Waals surface area (Å²) in [6.07, 6.45) is 0. The Bertz CT molecular complexity index is 48.2. The number of nitroso groups, excluding NO2 is 1.